The first-order valence-corrected chi connectivity index (χ1v) is 18.1. The number of esters is 1. The average Bonchev–Trinajstić information content (AvgIpc) is 3.12. The third kappa shape index (κ3) is 14.2. The Morgan fingerprint density at radius 2 is 1.19 bits per heavy atom. The zero-order valence-corrected chi connectivity index (χ0v) is 32.6. The van der Waals surface area contributed by atoms with Crippen LogP contribution in [0.5, 0.6) is 23.0 Å². The number of hydrogen-bond donors (Lipinski definition) is 1. The fourth-order valence-electron chi connectivity index (χ4n) is 4.53. The Bertz CT molecular complexity index is 2280. The van der Waals surface area contributed by atoms with Gasteiger partial charge in [-0.15, -0.1) is 0 Å². The number of hydroxylamine groups is 1. The highest BCUT2D eigenvalue weighted by Gasteiger charge is 2.32. The summed E-state index contributed by atoms with van der Waals surface area (Å²) in [5.41, 5.74) is -2.68. The molecule has 0 radical (unpaired) electrons. The van der Waals surface area contributed by atoms with Crippen LogP contribution in [-0.2, 0) is 55.0 Å². The molecule has 0 bridgehead atoms. The Labute approximate surface area is 339 Å². The Morgan fingerprint density at radius 3 is 1.53 bits per heavy atom. The van der Waals surface area contributed by atoms with E-state index in [0.29, 0.717) is 12.1 Å². The Kier molecular flexibility index (Phi) is 16.4. The van der Waals surface area contributed by atoms with E-state index in [1.165, 1.54) is 32.0 Å². The molecule has 0 aliphatic rings. The predicted octanol–water partition coefficient (Wildman–Crippen LogP) is 9.75. The average molecular weight is 905 g/mol. The lowest BCUT2D eigenvalue weighted by Gasteiger charge is -2.21. The van der Waals surface area contributed by atoms with E-state index in [1.807, 2.05) is 0 Å². The lowest BCUT2D eigenvalue weighted by molar-refractivity contribution is -0.386. The van der Waals surface area contributed by atoms with E-state index >= 15 is 0 Å². The summed E-state index contributed by atoms with van der Waals surface area (Å²) < 4.78 is 129. The van der Waals surface area contributed by atoms with Crippen LogP contribution in [0.3, 0.4) is 0 Å². The monoisotopic (exact) mass is 903 g/mol. The van der Waals surface area contributed by atoms with Crippen LogP contribution in [0.15, 0.2) is 72.8 Å². The van der Waals surface area contributed by atoms with Crippen LogP contribution in [0.25, 0.3) is 0 Å². The van der Waals surface area contributed by atoms with E-state index in [1.54, 1.807) is 0 Å². The molecule has 0 heterocycles. The van der Waals surface area contributed by atoms with E-state index in [9.17, 15) is 64.3 Å². The topological polar surface area (TPSA) is 207 Å². The molecular formula is C34H29Cl2F6N3O13S. The number of nitro groups is 2. The fourth-order valence-corrected chi connectivity index (χ4v) is 5.69. The van der Waals surface area contributed by atoms with Gasteiger partial charge in [0.25, 0.3) is 11.4 Å². The summed E-state index contributed by atoms with van der Waals surface area (Å²) >= 11 is 11.7. The number of nitrogens with zero attached hydrogens (tertiary/aromatic N) is 3. The molecule has 16 nitrogen and oxygen atoms in total. The maximum absolute atomic E-state index is 12.7. The van der Waals surface area contributed by atoms with Crippen LogP contribution in [0.2, 0.25) is 10.0 Å². The Balaban J connectivity index is 0.000000317. The second-order valence-electron chi connectivity index (χ2n) is 11.8. The van der Waals surface area contributed by atoms with Crippen LogP contribution >= 0.6 is 23.2 Å². The molecular weight excluding hydrogens is 875 g/mol. The molecule has 0 saturated carbocycles. The van der Waals surface area contributed by atoms with Crippen molar-refractivity contribution in [3.63, 3.8) is 0 Å². The molecule has 0 aliphatic carbocycles. The highest BCUT2D eigenvalue weighted by molar-refractivity contribution is 7.83. The minimum absolute atomic E-state index is 0.0335. The van der Waals surface area contributed by atoms with Crippen LogP contribution in [0.1, 0.15) is 36.1 Å². The van der Waals surface area contributed by atoms with E-state index in [2.05, 4.69) is 4.74 Å². The minimum Gasteiger partial charge on any atom is -0.467 e. The summed E-state index contributed by atoms with van der Waals surface area (Å²) in [6, 6.07) is 11.2. The molecule has 25 heteroatoms. The van der Waals surface area contributed by atoms with Crippen LogP contribution in [-0.4, -0.2) is 53.0 Å². The van der Waals surface area contributed by atoms with Crippen molar-refractivity contribution in [2.75, 3.05) is 13.7 Å². The standard InChI is InChI=1S/C17H16ClF3N2O7S.C17H13ClF3NO6/c1-10(2)23(31(26,27)28)29-9-11-7-13(4-5-15(11)22(24)25)30-16-6-3-12(8-14(16)18)17(19,20)21;1-26-16(23)9-27-8-10-6-12(3-4-14(10)22(24)25)28-15-5-2-11(7-13(15)18)17(19,20)21/h3-8,10H,9H2,1-2H3,(H,26,27,28);2-7H,8-9H2,1H3. The number of carbonyl (C=O) groups is 1. The smallest absolute Gasteiger partial charge is 0.416 e. The number of halogens is 8. The molecule has 0 aromatic heterocycles. The fraction of sp³-hybridized carbons (Fsp3) is 0.265. The Hall–Kier alpha value is -5.30. The van der Waals surface area contributed by atoms with Gasteiger partial charge >= 0.3 is 28.6 Å². The van der Waals surface area contributed by atoms with Crippen molar-refractivity contribution in [1.29, 1.82) is 0 Å². The maximum atomic E-state index is 12.7. The van der Waals surface area contributed by atoms with Crippen LogP contribution in [0, 0.1) is 20.2 Å². The van der Waals surface area contributed by atoms with Crippen LogP contribution in [0.4, 0.5) is 37.7 Å². The minimum atomic E-state index is -4.75. The quantitative estimate of drug-likeness (QED) is 0.0388. The molecule has 0 unspecified atom stereocenters. The number of methoxy groups -OCH3 is 1. The maximum Gasteiger partial charge on any atom is 0.416 e. The second-order valence-corrected chi connectivity index (χ2v) is 13.8. The molecule has 4 aromatic carbocycles. The first-order valence-electron chi connectivity index (χ1n) is 16.0. The van der Waals surface area contributed by atoms with Crippen molar-refractivity contribution in [3.05, 3.63) is 125 Å². The van der Waals surface area contributed by atoms with Gasteiger partial charge in [0.1, 0.15) is 36.2 Å². The van der Waals surface area contributed by atoms with Crippen molar-refractivity contribution in [3.8, 4) is 23.0 Å². The largest absolute Gasteiger partial charge is 0.467 e. The van der Waals surface area contributed by atoms with Gasteiger partial charge < -0.3 is 18.9 Å². The molecule has 1 N–H and O–H groups in total. The highest BCUT2D eigenvalue weighted by atomic mass is 35.5. The summed E-state index contributed by atoms with van der Waals surface area (Å²) in [6.07, 6.45) is -9.16. The van der Waals surface area contributed by atoms with Gasteiger partial charge in [-0.1, -0.05) is 27.7 Å². The van der Waals surface area contributed by atoms with Crippen molar-refractivity contribution in [2.45, 2.75) is 45.5 Å². The Morgan fingerprint density at radius 1 is 0.763 bits per heavy atom. The number of ether oxygens (including phenoxy) is 4. The highest BCUT2D eigenvalue weighted by Crippen LogP contribution is 2.39. The van der Waals surface area contributed by atoms with Gasteiger partial charge in [-0.3, -0.25) is 29.6 Å². The molecule has 59 heavy (non-hydrogen) atoms. The van der Waals surface area contributed by atoms with Gasteiger partial charge in [-0.25, -0.2) is 4.79 Å². The predicted molar refractivity (Wildman–Crippen MR) is 194 cm³/mol. The zero-order valence-electron chi connectivity index (χ0n) is 30.2. The molecule has 0 amide bonds. The van der Waals surface area contributed by atoms with Gasteiger partial charge in [0.2, 0.25) is 0 Å². The number of carbonyl (C=O) groups excluding carboxylic acids is 1. The molecule has 4 aromatic rings. The van der Waals surface area contributed by atoms with Crippen molar-refractivity contribution < 1.29 is 77.7 Å². The number of hydrogen-bond acceptors (Lipinski definition) is 12. The van der Waals surface area contributed by atoms with Crippen LogP contribution < -0.4 is 9.47 Å². The van der Waals surface area contributed by atoms with Gasteiger partial charge in [0.15, 0.2) is 0 Å². The summed E-state index contributed by atoms with van der Waals surface area (Å²) in [7, 11) is -3.58. The van der Waals surface area contributed by atoms with Gasteiger partial charge in [-0.2, -0.15) is 34.8 Å². The number of benzene rings is 4. The summed E-state index contributed by atoms with van der Waals surface area (Å²) in [6.45, 7) is 1.46. The van der Waals surface area contributed by atoms with E-state index in [0.717, 1.165) is 49.6 Å². The molecule has 320 valence electrons. The molecule has 0 spiro atoms. The zero-order chi connectivity index (χ0) is 44.5. The lowest BCUT2D eigenvalue weighted by atomic mass is 10.1. The SMILES string of the molecule is CC(C)N(OCc1cc(Oc2ccc(C(F)(F)F)cc2Cl)ccc1[N+](=O)[O-])S(=O)(=O)O.COC(=O)COCc1cc(Oc2ccc(C(F)(F)F)cc2Cl)ccc1[N+](=O)[O-]. The number of alkyl halides is 6. The third-order valence-electron chi connectivity index (χ3n) is 7.17. The van der Waals surface area contributed by atoms with Gasteiger partial charge in [-0.05, 0) is 74.5 Å². The van der Waals surface area contributed by atoms with E-state index in [-0.39, 0.29) is 60.9 Å². The molecule has 0 atom stereocenters. The molecule has 0 saturated heterocycles. The summed E-state index contributed by atoms with van der Waals surface area (Å²) in [4.78, 5) is 37.1. The molecule has 0 aliphatic heterocycles. The third-order valence-corrected chi connectivity index (χ3v) is 8.74. The first kappa shape index (κ1) is 48.1. The summed E-state index contributed by atoms with van der Waals surface area (Å²) in [5, 5.41) is 21.7. The van der Waals surface area contributed by atoms with Crippen molar-refractivity contribution in [1.82, 2.24) is 4.47 Å². The number of nitro benzene ring substituents is 2. The van der Waals surface area contributed by atoms with Gasteiger partial charge in [0, 0.05) is 18.2 Å². The van der Waals surface area contributed by atoms with Crippen molar-refractivity contribution in [2.24, 2.45) is 0 Å². The van der Waals surface area contributed by atoms with Crippen molar-refractivity contribution >= 4 is 50.9 Å². The molecule has 4 rings (SSSR count). The first-order chi connectivity index (χ1) is 27.3. The van der Waals surface area contributed by atoms with E-state index in [4.69, 9.17) is 42.3 Å². The van der Waals surface area contributed by atoms with E-state index < -0.39 is 74.5 Å². The number of rotatable bonds is 15. The molecule has 0 fully saturated rings. The summed E-state index contributed by atoms with van der Waals surface area (Å²) in [5.74, 6) is -0.814. The second kappa shape index (κ2) is 20.1. The lowest BCUT2D eigenvalue weighted by Crippen LogP contribution is -2.36. The van der Waals surface area contributed by atoms with Gasteiger partial charge in [0.05, 0.1) is 55.9 Å². The normalized spacial score (nSPS) is 11.8.